The SMILES string of the molecule is C=CC(=O)OCC(OC12CCCC1O2)OC12CCCC1O2. The van der Waals surface area contributed by atoms with Crippen molar-refractivity contribution in [3.63, 3.8) is 0 Å². The molecule has 0 aromatic heterocycles. The van der Waals surface area contributed by atoms with Crippen LogP contribution in [0.2, 0.25) is 0 Å². The van der Waals surface area contributed by atoms with Crippen molar-refractivity contribution in [3.8, 4) is 0 Å². The molecule has 4 rings (SSSR count). The first-order chi connectivity index (χ1) is 10.2. The van der Waals surface area contributed by atoms with Gasteiger partial charge in [0.15, 0.2) is 17.9 Å². The first-order valence-corrected chi connectivity index (χ1v) is 7.66. The summed E-state index contributed by atoms with van der Waals surface area (Å²) in [5.74, 6) is -1.53. The van der Waals surface area contributed by atoms with Gasteiger partial charge in [-0.25, -0.2) is 4.79 Å². The molecule has 2 saturated heterocycles. The summed E-state index contributed by atoms with van der Waals surface area (Å²) < 4.78 is 28.3. The van der Waals surface area contributed by atoms with E-state index in [1.807, 2.05) is 0 Å². The molecule has 0 bridgehead atoms. The molecule has 0 amide bonds. The third-order valence-corrected chi connectivity index (χ3v) is 4.72. The number of carbonyl (C=O) groups is 1. The molecule has 0 radical (unpaired) electrons. The molecule has 2 heterocycles. The fourth-order valence-corrected chi connectivity index (χ4v) is 3.55. The van der Waals surface area contributed by atoms with Crippen LogP contribution in [0.5, 0.6) is 0 Å². The molecule has 4 unspecified atom stereocenters. The lowest BCUT2D eigenvalue weighted by molar-refractivity contribution is -0.264. The van der Waals surface area contributed by atoms with Crippen LogP contribution in [0.15, 0.2) is 12.7 Å². The Balaban J connectivity index is 1.38. The van der Waals surface area contributed by atoms with Crippen LogP contribution in [-0.2, 0) is 28.5 Å². The second-order valence-electron chi connectivity index (χ2n) is 6.12. The zero-order chi connectivity index (χ0) is 14.5. The van der Waals surface area contributed by atoms with Crippen LogP contribution in [-0.4, -0.2) is 42.6 Å². The average Bonchev–Trinajstić information content (AvgIpc) is 3.25. The van der Waals surface area contributed by atoms with E-state index in [1.54, 1.807) is 0 Å². The van der Waals surface area contributed by atoms with Crippen LogP contribution in [0.1, 0.15) is 38.5 Å². The summed E-state index contributed by atoms with van der Waals surface area (Å²) in [4.78, 5) is 11.3. The largest absolute Gasteiger partial charge is 0.457 e. The van der Waals surface area contributed by atoms with Crippen molar-refractivity contribution in [2.75, 3.05) is 6.61 Å². The summed E-state index contributed by atoms with van der Waals surface area (Å²) in [6.07, 6.45) is 6.75. The summed E-state index contributed by atoms with van der Waals surface area (Å²) in [5.41, 5.74) is 0. The third kappa shape index (κ3) is 2.40. The van der Waals surface area contributed by atoms with Gasteiger partial charge in [0, 0.05) is 18.9 Å². The maximum absolute atomic E-state index is 11.3. The molecule has 6 heteroatoms. The Hall–Kier alpha value is -0.950. The molecule has 2 aliphatic heterocycles. The fraction of sp³-hybridized carbons (Fsp3) is 0.800. The minimum atomic E-state index is -0.653. The Morgan fingerprint density at radius 2 is 1.76 bits per heavy atom. The second-order valence-corrected chi connectivity index (χ2v) is 6.12. The van der Waals surface area contributed by atoms with Crippen molar-refractivity contribution in [2.24, 2.45) is 0 Å². The van der Waals surface area contributed by atoms with Gasteiger partial charge >= 0.3 is 5.97 Å². The van der Waals surface area contributed by atoms with E-state index in [1.165, 1.54) is 0 Å². The number of fused-ring (bicyclic) bond motifs is 2. The predicted molar refractivity (Wildman–Crippen MR) is 70.0 cm³/mol. The van der Waals surface area contributed by atoms with Crippen molar-refractivity contribution in [3.05, 3.63) is 12.7 Å². The lowest BCUT2D eigenvalue weighted by Gasteiger charge is -2.24. The molecule has 2 saturated carbocycles. The molecule has 116 valence electrons. The lowest BCUT2D eigenvalue weighted by atomic mass is 10.3. The maximum atomic E-state index is 11.3. The minimum absolute atomic E-state index is 0.0283. The molecular weight excluding hydrogens is 276 g/mol. The zero-order valence-corrected chi connectivity index (χ0v) is 11.9. The van der Waals surface area contributed by atoms with E-state index < -0.39 is 23.8 Å². The van der Waals surface area contributed by atoms with Gasteiger partial charge < -0.3 is 23.7 Å². The molecule has 6 nitrogen and oxygen atoms in total. The van der Waals surface area contributed by atoms with Gasteiger partial charge in [0.1, 0.15) is 18.8 Å². The number of carbonyl (C=O) groups excluding carboxylic acids is 1. The van der Waals surface area contributed by atoms with Gasteiger partial charge in [0.2, 0.25) is 0 Å². The maximum Gasteiger partial charge on any atom is 0.330 e. The highest BCUT2D eigenvalue weighted by atomic mass is 16.9. The predicted octanol–water partition coefficient (Wildman–Crippen LogP) is 1.63. The second kappa shape index (κ2) is 4.78. The Morgan fingerprint density at radius 1 is 1.19 bits per heavy atom. The number of rotatable bonds is 7. The van der Waals surface area contributed by atoms with Gasteiger partial charge in [-0.15, -0.1) is 0 Å². The summed E-state index contributed by atoms with van der Waals surface area (Å²) >= 11 is 0. The van der Waals surface area contributed by atoms with Crippen LogP contribution in [0.3, 0.4) is 0 Å². The third-order valence-electron chi connectivity index (χ3n) is 4.72. The van der Waals surface area contributed by atoms with E-state index in [0.29, 0.717) is 0 Å². The topological polar surface area (TPSA) is 69.8 Å². The van der Waals surface area contributed by atoms with Gasteiger partial charge in [-0.05, 0) is 25.7 Å². The normalized spacial score (nSPS) is 43.8. The summed E-state index contributed by atoms with van der Waals surface area (Å²) in [7, 11) is 0. The van der Waals surface area contributed by atoms with E-state index in [2.05, 4.69) is 6.58 Å². The van der Waals surface area contributed by atoms with Crippen LogP contribution >= 0.6 is 0 Å². The van der Waals surface area contributed by atoms with Crippen LogP contribution in [0.4, 0.5) is 0 Å². The highest BCUT2D eigenvalue weighted by Gasteiger charge is 2.65. The Kier molecular flexibility index (Phi) is 3.11. The van der Waals surface area contributed by atoms with Gasteiger partial charge in [0.05, 0.1) is 0 Å². The van der Waals surface area contributed by atoms with E-state index in [4.69, 9.17) is 23.7 Å². The summed E-state index contributed by atoms with van der Waals surface area (Å²) in [6.45, 7) is 3.41. The van der Waals surface area contributed by atoms with Crippen LogP contribution in [0, 0.1) is 0 Å². The number of ether oxygens (including phenoxy) is 5. The van der Waals surface area contributed by atoms with Gasteiger partial charge in [-0.3, -0.25) is 0 Å². The molecule has 0 aromatic rings. The van der Waals surface area contributed by atoms with E-state index in [0.717, 1.165) is 44.6 Å². The van der Waals surface area contributed by atoms with Crippen molar-refractivity contribution >= 4 is 5.97 Å². The fourth-order valence-electron chi connectivity index (χ4n) is 3.55. The number of hydrogen-bond acceptors (Lipinski definition) is 6. The zero-order valence-electron chi connectivity index (χ0n) is 11.9. The standard InChI is InChI=1S/C15H20O6/c1-2-12(16)17-9-13(20-14-7-3-5-10(14)18-14)21-15-8-4-6-11(15)19-15/h2,10-11,13H,1,3-9H2. The highest BCUT2D eigenvalue weighted by molar-refractivity contribution is 5.81. The Labute approximate surface area is 123 Å². The lowest BCUT2D eigenvalue weighted by Crippen LogP contribution is -2.36. The molecule has 4 fully saturated rings. The quantitative estimate of drug-likeness (QED) is 0.308. The molecule has 21 heavy (non-hydrogen) atoms. The molecule has 4 atom stereocenters. The van der Waals surface area contributed by atoms with Crippen molar-refractivity contribution in [2.45, 2.75) is 68.6 Å². The van der Waals surface area contributed by atoms with Gasteiger partial charge in [-0.2, -0.15) is 0 Å². The van der Waals surface area contributed by atoms with Crippen molar-refractivity contribution in [1.82, 2.24) is 0 Å². The molecular formula is C15H20O6. The van der Waals surface area contributed by atoms with Gasteiger partial charge in [0.25, 0.3) is 0 Å². The highest BCUT2D eigenvalue weighted by Crippen LogP contribution is 2.54. The minimum Gasteiger partial charge on any atom is -0.457 e. The molecule has 2 aliphatic carbocycles. The molecule has 0 aromatic carbocycles. The summed E-state index contributed by atoms with van der Waals surface area (Å²) in [6, 6.07) is 0. The van der Waals surface area contributed by atoms with Crippen LogP contribution < -0.4 is 0 Å². The first kappa shape index (κ1) is 13.7. The van der Waals surface area contributed by atoms with E-state index >= 15 is 0 Å². The number of hydrogen-bond donors (Lipinski definition) is 0. The van der Waals surface area contributed by atoms with E-state index in [-0.39, 0.29) is 18.8 Å². The Morgan fingerprint density at radius 3 is 2.14 bits per heavy atom. The average molecular weight is 296 g/mol. The van der Waals surface area contributed by atoms with Crippen molar-refractivity contribution < 1.29 is 28.5 Å². The summed E-state index contributed by atoms with van der Waals surface area (Å²) in [5, 5.41) is 0. The molecule has 0 spiro atoms. The Bertz CT molecular complexity index is 435. The van der Waals surface area contributed by atoms with Crippen LogP contribution in [0.25, 0.3) is 0 Å². The number of epoxide rings is 2. The molecule has 4 aliphatic rings. The van der Waals surface area contributed by atoms with Gasteiger partial charge in [-0.1, -0.05) is 6.58 Å². The number of esters is 1. The van der Waals surface area contributed by atoms with Crippen molar-refractivity contribution in [1.29, 1.82) is 0 Å². The monoisotopic (exact) mass is 296 g/mol. The van der Waals surface area contributed by atoms with E-state index in [9.17, 15) is 4.79 Å². The smallest absolute Gasteiger partial charge is 0.330 e. The molecule has 0 N–H and O–H groups in total. The first-order valence-electron chi connectivity index (χ1n) is 7.66.